The van der Waals surface area contributed by atoms with Gasteiger partial charge in [0.2, 0.25) is 0 Å². The molecule has 0 bridgehead atoms. The van der Waals surface area contributed by atoms with Crippen LogP contribution < -0.4 is 4.74 Å². The second kappa shape index (κ2) is 2.74. The maximum Gasteiger partial charge on any atom is 0.199 e. The van der Waals surface area contributed by atoms with E-state index in [-0.39, 0.29) is 0 Å². The zero-order valence-electron chi connectivity index (χ0n) is 5.77. The summed E-state index contributed by atoms with van der Waals surface area (Å²) in [5, 5.41) is 8.84. The van der Waals surface area contributed by atoms with Crippen molar-refractivity contribution >= 4 is 0 Å². The number of rotatable bonds is 1. The summed E-state index contributed by atoms with van der Waals surface area (Å²) < 4.78 is 29.4. The Morgan fingerprint density at radius 2 is 1.82 bits per heavy atom. The molecule has 1 aromatic rings. The van der Waals surface area contributed by atoms with Gasteiger partial charge in [0.1, 0.15) is 0 Å². The Hall–Kier alpha value is -1.32. The summed E-state index contributed by atoms with van der Waals surface area (Å²) in [6.45, 7) is 0. The fourth-order valence-electron chi connectivity index (χ4n) is 0.717. The lowest BCUT2D eigenvalue weighted by Crippen LogP contribution is -1.90. The Morgan fingerprint density at radius 1 is 1.27 bits per heavy atom. The highest BCUT2D eigenvalue weighted by Crippen LogP contribution is 2.30. The molecule has 0 aliphatic heterocycles. The SMILES string of the molecule is COc1c(F)ccc(F)c1O. The molecular weight excluding hydrogens is 154 g/mol. The minimum absolute atomic E-state index is 0.468. The third-order valence-corrected chi connectivity index (χ3v) is 1.24. The van der Waals surface area contributed by atoms with Crippen molar-refractivity contribution in [2.24, 2.45) is 0 Å². The van der Waals surface area contributed by atoms with E-state index >= 15 is 0 Å². The quantitative estimate of drug-likeness (QED) is 0.677. The maximum atomic E-state index is 12.6. The molecule has 0 amide bonds. The standard InChI is InChI=1S/C7H6F2O2/c1-11-7-5(9)3-2-4(8)6(7)10/h2-3,10H,1H3. The number of aromatic hydroxyl groups is 1. The summed E-state index contributed by atoms with van der Waals surface area (Å²) in [7, 11) is 1.15. The molecule has 0 spiro atoms. The topological polar surface area (TPSA) is 29.5 Å². The molecule has 0 saturated carbocycles. The zero-order valence-corrected chi connectivity index (χ0v) is 5.77. The van der Waals surface area contributed by atoms with Gasteiger partial charge in [0.25, 0.3) is 0 Å². The summed E-state index contributed by atoms with van der Waals surface area (Å²) in [4.78, 5) is 0. The molecule has 0 aliphatic rings. The number of hydrogen-bond donors (Lipinski definition) is 1. The number of methoxy groups -OCH3 is 1. The predicted molar refractivity (Wildman–Crippen MR) is 34.6 cm³/mol. The molecule has 1 rings (SSSR count). The number of benzene rings is 1. The summed E-state index contributed by atoms with van der Waals surface area (Å²) in [6, 6.07) is 1.71. The van der Waals surface area contributed by atoms with Gasteiger partial charge < -0.3 is 9.84 Å². The second-order valence-electron chi connectivity index (χ2n) is 1.91. The summed E-state index contributed by atoms with van der Waals surface area (Å²) in [5.41, 5.74) is 0. The molecule has 0 aliphatic carbocycles. The van der Waals surface area contributed by atoms with E-state index in [2.05, 4.69) is 4.74 Å². The van der Waals surface area contributed by atoms with E-state index in [0.29, 0.717) is 0 Å². The Labute approximate surface area is 62.0 Å². The van der Waals surface area contributed by atoms with E-state index < -0.39 is 23.1 Å². The Morgan fingerprint density at radius 3 is 2.27 bits per heavy atom. The van der Waals surface area contributed by atoms with E-state index in [9.17, 15) is 8.78 Å². The monoisotopic (exact) mass is 160 g/mol. The molecule has 1 N–H and O–H groups in total. The second-order valence-corrected chi connectivity index (χ2v) is 1.91. The van der Waals surface area contributed by atoms with Crippen LogP contribution in [0.15, 0.2) is 12.1 Å². The first kappa shape index (κ1) is 7.78. The van der Waals surface area contributed by atoms with Gasteiger partial charge in [-0.15, -0.1) is 0 Å². The van der Waals surface area contributed by atoms with Gasteiger partial charge in [0, 0.05) is 0 Å². The van der Waals surface area contributed by atoms with Crippen LogP contribution in [0.5, 0.6) is 11.5 Å². The van der Waals surface area contributed by atoms with Crippen molar-refractivity contribution in [3.63, 3.8) is 0 Å². The van der Waals surface area contributed by atoms with Crippen LogP contribution in [0.2, 0.25) is 0 Å². The molecule has 0 radical (unpaired) electrons. The highest BCUT2D eigenvalue weighted by atomic mass is 19.1. The van der Waals surface area contributed by atoms with Crippen LogP contribution in [0.4, 0.5) is 8.78 Å². The maximum absolute atomic E-state index is 12.6. The van der Waals surface area contributed by atoms with E-state index in [1.165, 1.54) is 0 Å². The van der Waals surface area contributed by atoms with Gasteiger partial charge in [-0.3, -0.25) is 0 Å². The molecule has 1 aromatic carbocycles. The average Bonchev–Trinajstić information content (AvgIpc) is 1.99. The van der Waals surface area contributed by atoms with E-state index in [4.69, 9.17) is 5.11 Å². The van der Waals surface area contributed by atoms with Crippen LogP contribution in [0, 0.1) is 11.6 Å². The third-order valence-electron chi connectivity index (χ3n) is 1.24. The van der Waals surface area contributed by atoms with Gasteiger partial charge >= 0.3 is 0 Å². The van der Waals surface area contributed by atoms with Crippen molar-refractivity contribution in [1.82, 2.24) is 0 Å². The van der Waals surface area contributed by atoms with Crippen molar-refractivity contribution < 1.29 is 18.6 Å². The van der Waals surface area contributed by atoms with Crippen molar-refractivity contribution in [3.05, 3.63) is 23.8 Å². The third kappa shape index (κ3) is 1.24. The zero-order chi connectivity index (χ0) is 8.43. The van der Waals surface area contributed by atoms with Crippen LogP contribution in [-0.4, -0.2) is 12.2 Å². The van der Waals surface area contributed by atoms with Gasteiger partial charge in [-0.05, 0) is 12.1 Å². The Bertz CT molecular complexity index is 273. The first-order valence-corrected chi connectivity index (χ1v) is 2.87. The molecule has 2 nitrogen and oxygen atoms in total. The lowest BCUT2D eigenvalue weighted by atomic mass is 10.3. The van der Waals surface area contributed by atoms with E-state index in [1.807, 2.05) is 0 Å². The van der Waals surface area contributed by atoms with Crippen molar-refractivity contribution in [2.75, 3.05) is 7.11 Å². The fourth-order valence-corrected chi connectivity index (χ4v) is 0.717. The number of hydrogen-bond acceptors (Lipinski definition) is 2. The molecule has 60 valence electrons. The Kier molecular flexibility index (Phi) is 1.94. The van der Waals surface area contributed by atoms with Crippen molar-refractivity contribution in [2.45, 2.75) is 0 Å². The normalized spacial score (nSPS) is 9.73. The van der Waals surface area contributed by atoms with Crippen LogP contribution in [0.1, 0.15) is 0 Å². The van der Waals surface area contributed by atoms with Crippen LogP contribution in [0.25, 0.3) is 0 Å². The van der Waals surface area contributed by atoms with Gasteiger partial charge in [-0.25, -0.2) is 8.78 Å². The van der Waals surface area contributed by atoms with Crippen LogP contribution in [-0.2, 0) is 0 Å². The van der Waals surface area contributed by atoms with Crippen LogP contribution in [0.3, 0.4) is 0 Å². The minimum Gasteiger partial charge on any atom is -0.502 e. The summed E-state index contributed by atoms with van der Waals surface area (Å²) in [6.07, 6.45) is 0. The lowest BCUT2D eigenvalue weighted by Gasteiger charge is -2.03. The molecule has 0 aromatic heterocycles. The van der Waals surface area contributed by atoms with Crippen molar-refractivity contribution in [3.8, 4) is 11.5 Å². The highest BCUT2D eigenvalue weighted by Gasteiger charge is 2.12. The molecule has 4 heteroatoms. The molecule has 0 heterocycles. The molecular formula is C7H6F2O2. The molecule has 11 heavy (non-hydrogen) atoms. The largest absolute Gasteiger partial charge is 0.502 e. The van der Waals surface area contributed by atoms with Gasteiger partial charge in [-0.1, -0.05) is 0 Å². The minimum atomic E-state index is -0.900. The number of phenols is 1. The molecule has 0 saturated heterocycles. The average molecular weight is 160 g/mol. The van der Waals surface area contributed by atoms with Crippen LogP contribution >= 0.6 is 0 Å². The van der Waals surface area contributed by atoms with Crippen molar-refractivity contribution in [1.29, 1.82) is 0 Å². The number of halogens is 2. The number of phenolic OH excluding ortho intramolecular Hbond substituents is 1. The lowest BCUT2D eigenvalue weighted by molar-refractivity contribution is 0.337. The molecule has 0 unspecified atom stereocenters. The fraction of sp³-hybridized carbons (Fsp3) is 0.143. The smallest absolute Gasteiger partial charge is 0.199 e. The molecule has 0 atom stereocenters. The number of ether oxygens (including phenoxy) is 1. The van der Waals surface area contributed by atoms with Gasteiger partial charge in [0.05, 0.1) is 7.11 Å². The summed E-state index contributed by atoms with van der Waals surface area (Å²) >= 11 is 0. The predicted octanol–water partition coefficient (Wildman–Crippen LogP) is 1.68. The van der Waals surface area contributed by atoms with E-state index in [1.54, 1.807) is 0 Å². The summed E-state index contributed by atoms with van der Waals surface area (Å²) in [5.74, 6) is -2.95. The first-order valence-electron chi connectivity index (χ1n) is 2.87. The van der Waals surface area contributed by atoms with E-state index in [0.717, 1.165) is 19.2 Å². The highest BCUT2D eigenvalue weighted by molar-refractivity contribution is 5.40. The van der Waals surface area contributed by atoms with Gasteiger partial charge in [0.15, 0.2) is 23.1 Å². The molecule has 0 fully saturated rings. The van der Waals surface area contributed by atoms with Gasteiger partial charge in [-0.2, -0.15) is 0 Å². The Balaban J connectivity index is 3.29. The first-order chi connectivity index (χ1) is 5.16.